The number of hydrogen-bond donors (Lipinski definition) is 1. The maximum absolute atomic E-state index is 4.64. The van der Waals surface area contributed by atoms with Crippen molar-refractivity contribution in [1.82, 2.24) is 20.0 Å². The van der Waals surface area contributed by atoms with Gasteiger partial charge in [-0.15, -0.1) is 0 Å². The van der Waals surface area contributed by atoms with Gasteiger partial charge in [-0.2, -0.15) is 5.10 Å². The molecule has 1 aliphatic carbocycles. The molecule has 3 rings (SSSR count). The Kier molecular flexibility index (Phi) is 3.87. The predicted molar refractivity (Wildman–Crippen MR) is 81.9 cm³/mol. The van der Waals surface area contributed by atoms with Crippen molar-refractivity contribution < 1.29 is 0 Å². The molecule has 1 N–H and O–H groups in total. The summed E-state index contributed by atoms with van der Waals surface area (Å²) in [6.07, 6.45) is 4.13. The number of hydrogen-bond acceptors (Lipinski definition) is 3. The smallest absolute Gasteiger partial charge is 0.0644 e. The minimum Gasteiger partial charge on any atom is -0.306 e. The minimum atomic E-state index is 0.402. The second-order valence-corrected chi connectivity index (χ2v) is 6.50. The van der Waals surface area contributed by atoms with Gasteiger partial charge in [0.1, 0.15) is 0 Å². The van der Waals surface area contributed by atoms with Crippen LogP contribution in [0.2, 0.25) is 0 Å². The lowest BCUT2D eigenvalue weighted by atomic mass is 10.1. The molecule has 4 nitrogen and oxygen atoms in total. The molecular weight excluding hydrogens is 248 g/mol. The zero-order chi connectivity index (χ0) is 14.3. The maximum Gasteiger partial charge on any atom is 0.0644 e. The molecule has 0 amide bonds. The summed E-state index contributed by atoms with van der Waals surface area (Å²) in [5.74, 6) is 0. The van der Waals surface area contributed by atoms with Crippen LogP contribution >= 0.6 is 0 Å². The van der Waals surface area contributed by atoms with Crippen LogP contribution in [-0.2, 0) is 6.54 Å². The summed E-state index contributed by atoms with van der Waals surface area (Å²) in [5.41, 5.74) is 3.90. The Hall–Kier alpha value is -0.870. The molecule has 0 aromatic carbocycles. The van der Waals surface area contributed by atoms with Crippen LogP contribution < -0.4 is 5.32 Å². The average Bonchev–Trinajstić information content (AvgIpc) is 3.09. The molecule has 2 unspecified atom stereocenters. The zero-order valence-corrected chi connectivity index (χ0v) is 13.3. The van der Waals surface area contributed by atoms with Gasteiger partial charge in [-0.1, -0.05) is 0 Å². The fourth-order valence-corrected chi connectivity index (χ4v) is 3.78. The molecule has 0 radical (unpaired) electrons. The van der Waals surface area contributed by atoms with Crippen LogP contribution in [0.15, 0.2) is 0 Å². The molecule has 4 heteroatoms. The Morgan fingerprint density at radius 1 is 1.30 bits per heavy atom. The molecule has 1 aromatic rings. The first kappa shape index (κ1) is 14.1. The van der Waals surface area contributed by atoms with Gasteiger partial charge in [0, 0.05) is 49.0 Å². The molecule has 1 saturated carbocycles. The van der Waals surface area contributed by atoms with E-state index in [2.05, 4.69) is 47.7 Å². The summed E-state index contributed by atoms with van der Waals surface area (Å²) >= 11 is 0. The van der Waals surface area contributed by atoms with E-state index < -0.39 is 0 Å². The molecule has 1 aromatic heterocycles. The van der Waals surface area contributed by atoms with Gasteiger partial charge in [0.05, 0.1) is 5.69 Å². The minimum absolute atomic E-state index is 0.402. The molecular formula is C16H28N4. The summed E-state index contributed by atoms with van der Waals surface area (Å²) in [6, 6.07) is 1.96. The quantitative estimate of drug-likeness (QED) is 0.896. The predicted octanol–water partition coefficient (Wildman–Crippen LogP) is 2.41. The third-order valence-electron chi connectivity index (χ3n) is 4.94. The van der Waals surface area contributed by atoms with Crippen molar-refractivity contribution in [3.8, 4) is 0 Å². The highest BCUT2D eigenvalue weighted by molar-refractivity contribution is 5.28. The van der Waals surface area contributed by atoms with Crippen molar-refractivity contribution >= 4 is 0 Å². The summed E-state index contributed by atoms with van der Waals surface area (Å²) in [4.78, 5) is 2.67. The van der Waals surface area contributed by atoms with Gasteiger partial charge in [-0.3, -0.25) is 9.58 Å². The van der Waals surface area contributed by atoms with Crippen LogP contribution in [0.1, 0.15) is 56.1 Å². The number of rotatable bonds is 5. The van der Waals surface area contributed by atoms with Gasteiger partial charge in [0.15, 0.2) is 0 Å². The standard InChI is InChI=1S/C16H28N4/c1-5-20-13(4)16(12(3)18-20)11(2)17-14-8-9-19(10-14)15-6-7-15/h11,14-15,17H,5-10H2,1-4H3. The number of nitrogens with one attached hydrogen (secondary N) is 1. The SMILES string of the molecule is CCn1nc(C)c(C(C)NC2CCN(C3CC3)C2)c1C. The van der Waals surface area contributed by atoms with Crippen LogP contribution in [-0.4, -0.2) is 39.9 Å². The van der Waals surface area contributed by atoms with E-state index in [0.717, 1.165) is 12.6 Å². The number of aryl methyl sites for hydroxylation is 2. The zero-order valence-electron chi connectivity index (χ0n) is 13.3. The van der Waals surface area contributed by atoms with Crippen molar-refractivity contribution in [3.63, 3.8) is 0 Å². The normalized spacial score (nSPS) is 25.3. The van der Waals surface area contributed by atoms with E-state index in [1.165, 1.54) is 49.3 Å². The highest BCUT2D eigenvalue weighted by atomic mass is 15.3. The first-order chi connectivity index (χ1) is 9.60. The van der Waals surface area contributed by atoms with E-state index in [1.807, 2.05) is 0 Å². The van der Waals surface area contributed by atoms with Gasteiger partial charge in [-0.25, -0.2) is 0 Å². The Balaban J connectivity index is 1.64. The topological polar surface area (TPSA) is 33.1 Å². The van der Waals surface area contributed by atoms with Crippen LogP contribution in [0, 0.1) is 13.8 Å². The van der Waals surface area contributed by atoms with Crippen LogP contribution in [0.4, 0.5) is 0 Å². The summed E-state index contributed by atoms with van der Waals surface area (Å²) in [7, 11) is 0. The highest BCUT2D eigenvalue weighted by Crippen LogP contribution is 2.30. The largest absolute Gasteiger partial charge is 0.306 e. The second kappa shape index (κ2) is 5.49. The summed E-state index contributed by atoms with van der Waals surface area (Å²) in [6.45, 7) is 12.2. The van der Waals surface area contributed by atoms with Crippen LogP contribution in [0.25, 0.3) is 0 Å². The van der Waals surface area contributed by atoms with Gasteiger partial charge in [0.2, 0.25) is 0 Å². The van der Waals surface area contributed by atoms with E-state index in [0.29, 0.717) is 12.1 Å². The Labute approximate surface area is 122 Å². The van der Waals surface area contributed by atoms with Crippen molar-refractivity contribution in [3.05, 3.63) is 17.0 Å². The fraction of sp³-hybridized carbons (Fsp3) is 0.812. The van der Waals surface area contributed by atoms with E-state index in [9.17, 15) is 0 Å². The Morgan fingerprint density at radius 2 is 2.05 bits per heavy atom. The van der Waals surface area contributed by atoms with E-state index >= 15 is 0 Å². The molecule has 112 valence electrons. The fourth-order valence-electron chi connectivity index (χ4n) is 3.78. The Morgan fingerprint density at radius 3 is 2.65 bits per heavy atom. The van der Waals surface area contributed by atoms with Gasteiger partial charge >= 0.3 is 0 Å². The molecule has 1 aliphatic heterocycles. The van der Waals surface area contributed by atoms with Gasteiger partial charge in [-0.05, 0) is 47.0 Å². The van der Waals surface area contributed by atoms with Crippen LogP contribution in [0.3, 0.4) is 0 Å². The summed E-state index contributed by atoms with van der Waals surface area (Å²) < 4.78 is 2.12. The number of nitrogens with zero attached hydrogens (tertiary/aromatic N) is 3. The third kappa shape index (κ3) is 2.63. The lowest BCUT2D eigenvalue weighted by Gasteiger charge is -2.21. The third-order valence-corrected chi connectivity index (χ3v) is 4.94. The van der Waals surface area contributed by atoms with Crippen molar-refractivity contribution in [2.45, 2.75) is 71.6 Å². The molecule has 2 aliphatic rings. The lowest BCUT2D eigenvalue weighted by Crippen LogP contribution is -2.35. The molecule has 2 atom stereocenters. The molecule has 2 heterocycles. The second-order valence-electron chi connectivity index (χ2n) is 6.50. The Bertz CT molecular complexity index is 475. The first-order valence-electron chi connectivity index (χ1n) is 8.14. The van der Waals surface area contributed by atoms with Crippen molar-refractivity contribution in [1.29, 1.82) is 0 Å². The van der Waals surface area contributed by atoms with Crippen LogP contribution in [0.5, 0.6) is 0 Å². The monoisotopic (exact) mass is 276 g/mol. The van der Waals surface area contributed by atoms with Gasteiger partial charge in [0.25, 0.3) is 0 Å². The first-order valence-corrected chi connectivity index (χ1v) is 8.14. The number of aromatic nitrogens is 2. The van der Waals surface area contributed by atoms with E-state index in [-0.39, 0.29) is 0 Å². The molecule has 20 heavy (non-hydrogen) atoms. The van der Waals surface area contributed by atoms with E-state index in [4.69, 9.17) is 0 Å². The van der Waals surface area contributed by atoms with E-state index in [1.54, 1.807) is 0 Å². The molecule has 0 spiro atoms. The molecule has 1 saturated heterocycles. The molecule has 0 bridgehead atoms. The maximum atomic E-state index is 4.64. The average molecular weight is 276 g/mol. The highest BCUT2D eigenvalue weighted by Gasteiger charge is 2.34. The lowest BCUT2D eigenvalue weighted by molar-refractivity contribution is 0.313. The van der Waals surface area contributed by atoms with Crippen molar-refractivity contribution in [2.75, 3.05) is 13.1 Å². The van der Waals surface area contributed by atoms with Crippen molar-refractivity contribution in [2.24, 2.45) is 0 Å². The number of likely N-dealkylation sites (tertiary alicyclic amines) is 1. The van der Waals surface area contributed by atoms with Gasteiger partial charge < -0.3 is 5.32 Å². The molecule has 2 fully saturated rings. The summed E-state index contributed by atoms with van der Waals surface area (Å²) in [5, 5.41) is 8.48.